The number of hydrogen-bond donors (Lipinski definition) is 1. The van der Waals surface area contributed by atoms with Crippen molar-refractivity contribution in [1.82, 2.24) is 0 Å². The van der Waals surface area contributed by atoms with Gasteiger partial charge in [-0.05, 0) is 0 Å². The van der Waals surface area contributed by atoms with Crippen LogP contribution in [0.15, 0.2) is 0 Å². The number of carboxylic acids is 1. The molecule has 0 rings (SSSR count). The Kier molecular flexibility index (Phi) is 24.8. The molecule has 0 spiro atoms. The molecule has 4 heteroatoms. The number of carbonyl (C=O) groups is 1. The van der Waals surface area contributed by atoms with Crippen LogP contribution in [0.2, 0.25) is 0 Å². The zero-order valence-electron chi connectivity index (χ0n) is 3.06. The van der Waals surface area contributed by atoms with Crippen LogP contribution in [0, 0.1) is 0 Å². The van der Waals surface area contributed by atoms with Crippen LogP contribution in [0.4, 0.5) is 0 Å². The summed E-state index contributed by atoms with van der Waals surface area (Å²) in [5.74, 6) is -0.833. The molecule has 0 bridgehead atoms. The first-order chi connectivity index (χ1) is 1.73. The number of aliphatic carboxylic acids is 1. The van der Waals surface area contributed by atoms with Crippen LogP contribution >= 0.6 is 9.90 Å². The van der Waals surface area contributed by atoms with Crippen LogP contribution in [0.5, 0.6) is 0 Å². The fourth-order valence-electron chi connectivity index (χ4n) is 0. The minimum absolute atomic E-state index is 0. The Labute approximate surface area is 69.9 Å². The van der Waals surface area contributed by atoms with E-state index in [1.54, 1.807) is 0 Å². The molecule has 0 aliphatic heterocycles. The fraction of sp³-hybridized carbons (Fsp3) is 0.500. The van der Waals surface area contributed by atoms with E-state index < -0.39 is 5.97 Å². The predicted octanol–water partition coefficient (Wildman–Crippen LogP) is -0.767. The van der Waals surface area contributed by atoms with Crippen LogP contribution < -0.4 is 0 Å². The summed E-state index contributed by atoms with van der Waals surface area (Å²) in [6.07, 6.45) is 0. The van der Waals surface area contributed by atoms with E-state index in [-0.39, 0.29) is 47.6 Å². The molecule has 0 aromatic heterocycles. The normalized spacial score (nSPS) is 4.17. The third-order valence-electron chi connectivity index (χ3n) is 0. The maximum atomic E-state index is 9.00. The van der Waals surface area contributed by atoms with Gasteiger partial charge < -0.3 is 5.11 Å². The van der Waals surface area contributed by atoms with Gasteiger partial charge in [-0.15, -0.1) is 0 Å². The SMILES string of the molecule is CC(=O)O.P.[CaH2]. The van der Waals surface area contributed by atoms with Gasteiger partial charge in [0.05, 0.1) is 0 Å². The Morgan fingerprint density at radius 3 is 1.67 bits per heavy atom. The van der Waals surface area contributed by atoms with Gasteiger partial charge in [-0.2, -0.15) is 9.90 Å². The van der Waals surface area contributed by atoms with E-state index in [4.69, 9.17) is 9.90 Å². The van der Waals surface area contributed by atoms with Gasteiger partial charge in [0, 0.05) is 6.92 Å². The standard InChI is InChI=1S/C2H4O2.Ca.H3P.2H/c1-2(3)4;;;;/h1H3,(H,3,4);;1H3;;. The van der Waals surface area contributed by atoms with Crippen LogP contribution in [0.3, 0.4) is 0 Å². The minimum atomic E-state index is -0.833. The molecule has 0 aromatic carbocycles. The fourth-order valence-corrected chi connectivity index (χ4v) is 0. The molecule has 0 saturated carbocycles. The molecule has 0 radical (unpaired) electrons. The van der Waals surface area contributed by atoms with Crippen molar-refractivity contribution in [3.8, 4) is 0 Å². The molecule has 0 aromatic rings. The summed E-state index contributed by atoms with van der Waals surface area (Å²) in [6, 6.07) is 0. The van der Waals surface area contributed by atoms with Crippen LogP contribution in [-0.2, 0) is 4.79 Å². The van der Waals surface area contributed by atoms with Gasteiger partial charge in [0.1, 0.15) is 0 Å². The van der Waals surface area contributed by atoms with Crippen LogP contribution in [-0.4, -0.2) is 48.8 Å². The van der Waals surface area contributed by atoms with E-state index in [9.17, 15) is 0 Å². The van der Waals surface area contributed by atoms with E-state index in [1.165, 1.54) is 0 Å². The van der Waals surface area contributed by atoms with E-state index in [1.807, 2.05) is 0 Å². The second-order valence-corrected chi connectivity index (χ2v) is 0.519. The molecule has 2 nitrogen and oxygen atoms in total. The Balaban J connectivity index is -0.0000000450. The molecule has 0 saturated heterocycles. The van der Waals surface area contributed by atoms with Gasteiger partial charge in [-0.25, -0.2) is 0 Å². The van der Waals surface area contributed by atoms with Crippen molar-refractivity contribution in [2.75, 3.05) is 0 Å². The molecule has 1 N–H and O–H groups in total. The van der Waals surface area contributed by atoms with Crippen LogP contribution in [0.1, 0.15) is 6.92 Å². The zero-order valence-corrected chi connectivity index (χ0v) is 4.48. The monoisotopic (exact) mass is 136 g/mol. The van der Waals surface area contributed by atoms with Crippen molar-refractivity contribution < 1.29 is 9.90 Å². The molecule has 1 unspecified atom stereocenters. The first-order valence-electron chi connectivity index (χ1n) is 0.928. The Morgan fingerprint density at radius 1 is 1.67 bits per heavy atom. The summed E-state index contributed by atoms with van der Waals surface area (Å²) in [5.41, 5.74) is 0. The van der Waals surface area contributed by atoms with Gasteiger partial charge >= 0.3 is 37.7 Å². The zero-order chi connectivity index (χ0) is 3.58. The first-order valence-corrected chi connectivity index (χ1v) is 0.928. The summed E-state index contributed by atoms with van der Waals surface area (Å²) in [5, 5.41) is 7.42. The molecule has 6 heavy (non-hydrogen) atoms. The Hall–Kier alpha value is 1.16. The van der Waals surface area contributed by atoms with Gasteiger partial charge in [-0.1, -0.05) is 0 Å². The van der Waals surface area contributed by atoms with E-state index in [0.29, 0.717) is 0 Å². The van der Waals surface area contributed by atoms with Crippen molar-refractivity contribution in [1.29, 1.82) is 0 Å². The summed E-state index contributed by atoms with van der Waals surface area (Å²) in [7, 11) is 0. The maximum absolute atomic E-state index is 9.00. The van der Waals surface area contributed by atoms with E-state index >= 15 is 0 Å². The summed E-state index contributed by atoms with van der Waals surface area (Å²) >= 11 is 0. The summed E-state index contributed by atoms with van der Waals surface area (Å²) in [6.45, 7) is 1.08. The quantitative estimate of drug-likeness (QED) is 0.351. The predicted molar refractivity (Wildman–Crippen MR) is 33.0 cm³/mol. The third kappa shape index (κ3) is 66.4. The molecule has 0 aliphatic carbocycles. The third-order valence-corrected chi connectivity index (χ3v) is 0. The van der Waals surface area contributed by atoms with Crippen molar-refractivity contribution in [2.24, 2.45) is 0 Å². The molecule has 1 atom stereocenters. The number of carboxylic acid groups (broad SMARTS) is 1. The van der Waals surface area contributed by atoms with Crippen molar-refractivity contribution in [2.45, 2.75) is 6.92 Å². The van der Waals surface area contributed by atoms with Crippen LogP contribution in [0.25, 0.3) is 0 Å². The average Bonchev–Trinajstić information content (AvgIpc) is 0.811. The van der Waals surface area contributed by atoms with Gasteiger partial charge in [0.2, 0.25) is 0 Å². The van der Waals surface area contributed by atoms with Crippen molar-refractivity contribution >= 4 is 53.6 Å². The topological polar surface area (TPSA) is 37.3 Å². The van der Waals surface area contributed by atoms with Crippen molar-refractivity contribution in [3.63, 3.8) is 0 Å². The van der Waals surface area contributed by atoms with Crippen molar-refractivity contribution in [3.05, 3.63) is 0 Å². The number of rotatable bonds is 0. The Morgan fingerprint density at radius 2 is 1.67 bits per heavy atom. The van der Waals surface area contributed by atoms with Gasteiger partial charge in [-0.3, -0.25) is 4.79 Å². The molecule has 0 amide bonds. The summed E-state index contributed by atoms with van der Waals surface area (Å²) in [4.78, 5) is 9.00. The average molecular weight is 136 g/mol. The molecular formula is C2H9CaO2P. The van der Waals surface area contributed by atoms with E-state index in [0.717, 1.165) is 6.92 Å². The van der Waals surface area contributed by atoms with E-state index in [2.05, 4.69) is 0 Å². The molecular weight excluding hydrogens is 127 g/mol. The first kappa shape index (κ1) is 15.7. The Bertz CT molecular complexity index is 34.5. The van der Waals surface area contributed by atoms with Gasteiger partial charge in [0.15, 0.2) is 0 Å². The molecule has 0 fully saturated rings. The molecule has 36 valence electrons. The number of hydrogen-bond acceptors (Lipinski definition) is 1. The van der Waals surface area contributed by atoms with Gasteiger partial charge in [0.25, 0.3) is 5.97 Å². The molecule has 0 heterocycles. The second kappa shape index (κ2) is 9.48. The summed E-state index contributed by atoms with van der Waals surface area (Å²) < 4.78 is 0. The molecule has 0 aliphatic rings. The second-order valence-electron chi connectivity index (χ2n) is 0.519.